The van der Waals surface area contributed by atoms with E-state index in [1.54, 1.807) is 4.68 Å². The van der Waals surface area contributed by atoms with Gasteiger partial charge in [-0.15, -0.1) is 11.3 Å². The summed E-state index contributed by atoms with van der Waals surface area (Å²) in [6.07, 6.45) is -3.96. The number of benzene rings is 1. The van der Waals surface area contributed by atoms with Crippen molar-refractivity contribution >= 4 is 23.1 Å². The molecule has 6 nitrogen and oxygen atoms in total. The van der Waals surface area contributed by atoms with Crippen molar-refractivity contribution < 1.29 is 18.0 Å². The van der Waals surface area contributed by atoms with Crippen LogP contribution in [0.3, 0.4) is 0 Å². The summed E-state index contributed by atoms with van der Waals surface area (Å²) in [5.41, 5.74) is 1.95. The predicted molar refractivity (Wildman–Crippen MR) is 101 cm³/mol. The van der Waals surface area contributed by atoms with Crippen LogP contribution in [0.5, 0.6) is 0 Å². The molecule has 0 radical (unpaired) electrons. The van der Waals surface area contributed by atoms with Crippen LogP contribution in [0.25, 0.3) is 5.13 Å². The van der Waals surface area contributed by atoms with Gasteiger partial charge in [-0.05, 0) is 38.1 Å². The summed E-state index contributed by atoms with van der Waals surface area (Å²) in [7, 11) is 0. The average molecular weight is 409 g/mol. The van der Waals surface area contributed by atoms with Gasteiger partial charge in [0.25, 0.3) is 0 Å². The normalized spacial score (nSPS) is 11.5. The molecule has 3 rings (SSSR count). The molecule has 2 amide bonds. The van der Waals surface area contributed by atoms with Crippen molar-refractivity contribution in [2.75, 3.05) is 11.9 Å². The maximum absolute atomic E-state index is 12.7. The zero-order valence-electron chi connectivity index (χ0n) is 15.2. The average Bonchev–Trinajstić information content (AvgIpc) is 3.20. The van der Waals surface area contributed by atoms with Gasteiger partial charge in [0, 0.05) is 29.7 Å². The second kappa shape index (κ2) is 8.01. The SMILES string of the molecule is Cc1cc(C)n(-c2nc(CCNC(=O)Nc3cccc(C(F)(F)F)c3)cs2)n1. The molecule has 0 bridgehead atoms. The minimum atomic E-state index is -4.46. The van der Waals surface area contributed by atoms with Crippen molar-refractivity contribution in [1.29, 1.82) is 0 Å². The molecule has 0 atom stereocenters. The van der Waals surface area contributed by atoms with Gasteiger partial charge in [0.15, 0.2) is 0 Å². The molecule has 0 spiro atoms. The largest absolute Gasteiger partial charge is 0.416 e. The first-order chi connectivity index (χ1) is 13.2. The van der Waals surface area contributed by atoms with E-state index in [1.807, 2.05) is 25.3 Å². The van der Waals surface area contributed by atoms with Crippen molar-refractivity contribution in [2.45, 2.75) is 26.4 Å². The summed E-state index contributed by atoms with van der Waals surface area (Å²) >= 11 is 1.45. The van der Waals surface area contributed by atoms with Gasteiger partial charge in [0.1, 0.15) is 0 Å². The monoisotopic (exact) mass is 409 g/mol. The molecular formula is C18H18F3N5OS. The van der Waals surface area contributed by atoms with Crippen LogP contribution in [-0.4, -0.2) is 27.3 Å². The second-order valence-electron chi connectivity index (χ2n) is 6.17. The van der Waals surface area contributed by atoms with Crippen LogP contribution in [0.1, 0.15) is 22.6 Å². The molecule has 0 aliphatic heterocycles. The van der Waals surface area contributed by atoms with Crippen molar-refractivity contribution in [2.24, 2.45) is 0 Å². The van der Waals surface area contributed by atoms with Gasteiger partial charge in [-0.2, -0.15) is 18.3 Å². The number of hydrogen-bond donors (Lipinski definition) is 2. The molecule has 28 heavy (non-hydrogen) atoms. The number of carbonyl (C=O) groups excluding carboxylic acids is 1. The highest BCUT2D eigenvalue weighted by molar-refractivity contribution is 7.12. The van der Waals surface area contributed by atoms with Crippen LogP contribution >= 0.6 is 11.3 Å². The number of urea groups is 1. The van der Waals surface area contributed by atoms with Crippen molar-refractivity contribution in [3.8, 4) is 5.13 Å². The number of rotatable bonds is 5. The lowest BCUT2D eigenvalue weighted by Crippen LogP contribution is -2.30. The minimum absolute atomic E-state index is 0.0767. The molecule has 0 fully saturated rings. The lowest BCUT2D eigenvalue weighted by molar-refractivity contribution is -0.137. The number of aryl methyl sites for hydroxylation is 2. The van der Waals surface area contributed by atoms with Gasteiger partial charge >= 0.3 is 12.2 Å². The highest BCUT2D eigenvalue weighted by atomic mass is 32.1. The molecule has 0 aliphatic rings. The lowest BCUT2D eigenvalue weighted by atomic mass is 10.2. The third kappa shape index (κ3) is 4.89. The molecule has 2 aromatic heterocycles. The Morgan fingerprint density at radius 3 is 2.71 bits per heavy atom. The number of carbonyl (C=O) groups is 1. The second-order valence-corrected chi connectivity index (χ2v) is 7.01. The van der Waals surface area contributed by atoms with Crippen LogP contribution in [0.2, 0.25) is 0 Å². The van der Waals surface area contributed by atoms with Gasteiger partial charge in [-0.3, -0.25) is 0 Å². The molecular weight excluding hydrogens is 391 g/mol. The van der Waals surface area contributed by atoms with Gasteiger partial charge in [-0.25, -0.2) is 14.5 Å². The van der Waals surface area contributed by atoms with E-state index in [0.29, 0.717) is 13.0 Å². The number of thiazole rings is 1. The number of hydrogen-bond acceptors (Lipinski definition) is 4. The molecule has 3 aromatic rings. The van der Waals surface area contributed by atoms with Crippen LogP contribution in [-0.2, 0) is 12.6 Å². The Balaban J connectivity index is 1.52. The van der Waals surface area contributed by atoms with E-state index in [4.69, 9.17) is 0 Å². The summed E-state index contributed by atoms with van der Waals surface area (Å²) in [6.45, 7) is 4.15. The number of aromatic nitrogens is 3. The summed E-state index contributed by atoms with van der Waals surface area (Å²) < 4.78 is 39.9. The van der Waals surface area contributed by atoms with E-state index < -0.39 is 17.8 Å². The van der Waals surface area contributed by atoms with E-state index in [1.165, 1.54) is 23.5 Å². The number of anilines is 1. The first-order valence-corrected chi connectivity index (χ1v) is 9.30. The number of alkyl halides is 3. The number of nitrogens with one attached hydrogen (secondary N) is 2. The van der Waals surface area contributed by atoms with Crippen molar-refractivity contribution in [1.82, 2.24) is 20.1 Å². The highest BCUT2D eigenvalue weighted by Gasteiger charge is 2.30. The van der Waals surface area contributed by atoms with E-state index in [-0.39, 0.29) is 5.69 Å². The molecule has 2 heterocycles. The lowest BCUT2D eigenvalue weighted by Gasteiger charge is -2.10. The fourth-order valence-electron chi connectivity index (χ4n) is 2.58. The van der Waals surface area contributed by atoms with Crippen molar-refractivity contribution in [3.05, 3.63) is 58.4 Å². The summed E-state index contributed by atoms with van der Waals surface area (Å²) in [5, 5.41) is 12.0. The standard InChI is InChI=1S/C18H18F3N5OS/c1-11-8-12(2)26(25-11)17-24-15(10-28-17)6-7-22-16(27)23-14-5-3-4-13(9-14)18(19,20)21/h3-5,8-10H,6-7H2,1-2H3,(H2,22,23,27). The topological polar surface area (TPSA) is 71.8 Å². The molecule has 0 unspecified atom stereocenters. The van der Waals surface area contributed by atoms with Gasteiger partial charge in [0.2, 0.25) is 5.13 Å². The molecule has 148 valence electrons. The third-order valence-electron chi connectivity index (χ3n) is 3.84. The fourth-order valence-corrected chi connectivity index (χ4v) is 3.45. The maximum Gasteiger partial charge on any atom is 0.416 e. The van der Waals surface area contributed by atoms with Crippen LogP contribution in [0.15, 0.2) is 35.7 Å². The van der Waals surface area contributed by atoms with Crippen LogP contribution in [0, 0.1) is 13.8 Å². The molecule has 0 saturated carbocycles. The number of nitrogens with zero attached hydrogens (tertiary/aromatic N) is 3. The van der Waals surface area contributed by atoms with Gasteiger partial charge in [-0.1, -0.05) is 6.07 Å². The van der Waals surface area contributed by atoms with Gasteiger partial charge in [0.05, 0.1) is 17.0 Å². The highest BCUT2D eigenvalue weighted by Crippen LogP contribution is 2.30. The summed E-state index contributed by atoms with van der Waals surface area (Å²) in [4.78, 5) is 16.4. The Morgan fingerprint density at radius 1 is 1.25 bits per heavy atom. The third-order valence-corrected chi connectivity index (χ3v) is 4.71. The first-order valence-electron chi connectivity index (χ1n) is 8.42. The smallest absolute Gasteiger partial charge is 0.337 e. The van der Waals surface area contributed by atoms with E-state index in [2.05, 4.69) is 20.7 Å². The Bertz CT molecular complexity index is 980. The maximum atomic E-state index is 12.7. The molecule has 2 N–H and O–H groups in total. The molecule has 0 aliphatic carbocycles. The van der Waals surface area contributed by atoms with E-state index in [0.717, 1.165) is 34.3 Å². The Morgan fingerprint density at radius 2 is 2.04 bits per heavy atom. The molecule has 1 aromatic carbocycles. The zero-order valence-corrected chi connectivity index (χ0v) is 16.0. The Hall–Kier alpha value is -2.88. The number of halogens is 3. The minimum Gasteiger partial charge on any atom is -0.337 e. The molecule has 10 heteroatoms. The summed E-state index contributed by atoms with van der Waals surface area (Å²) in [5.74, 6) is 0. The quantitative estimate of drug-likeness (QED) is 0.659. The Labute approximate surface area is 163 Å². The Kier molecular flexibility index (Phi) is 5.68. The van der Waals surface area contributed by atoms with Crippen LogP contribution in [0.4, 0.5) is 23.7 Å². The van der Waals surface area contributed by atoms with E-state index in [9.17, 15) is 18.0 Å². The first kappa shape index (κ1) is 19.9. The fraction of sp³-hybridized carbons (Fsp3) is 0.278. The van der Waals surface area contributed by atoms with E-state index >= 15 is 0 Å². The molecule has 0 saturated heterocycles. The zero-order chi connectivity index (χ0) is 20.3. The number of amides is 2. The predicted octanol–water partition coefficient (Wildman–Crippen LogP) is 4.33. The summed E-state index contributed by atoms with van der Waals surface area (Å²) in [6, 6.07) is 5.87. The van der Waals surface area contributed by atoms with Gasteiger partial charge < -0.3 is 10.6 Å². The van der Waals surface area contributed by atoms with Crippen LogP contribution < -0.4 is 10.6 Å². The van der Waals surface area contributed by atoms with Crippen molar-refractivity contribution in [3.63, 3.8) is 0 Å².